The van der Waals surface area contributed by atoms with Gasteiger partial charge in [0.2, 0.25) is 0 Å². The Morgan fingerprint density at radius 1 is 1.32 bits per heavy atom. The van der Waals surface area contributed by atoms with E-state index in [9.17, 15) is 19.8 Å². The van der Waals surface area contributed by atoms with E-state index in [1.165, 1.54) is 0 Å². The van der Waals surface area contributed by atoms with Gasteiger partial charge in [-0.25, -0.2) is 0 Å². The Bertz CT molecular complexity index is 568. The second kappa shape index (κ2) is 7.70. The molecule has 0 unspecified atom stereocenters. The number of rotatable bonds is 5. The fourth-order valence-corrected chi connectivity index (χ4v) is 4.49. The molecule has 0 radical (unpaired) electrons. The third-order valence-electron chi connectivity index (χ3n) is 5.66. The van der Waals surface area contributed by atoms with Gasteiger partial charge in [-0.05, 0) is 30.3 Å². The van der Waals surface area contributed by atoms with Crippen molar-refractivity contribution in [2.75, 3.05) is 0 Å². The summed E-state index contributed by atoms with van der Waals surface area (Å²) in [6.07, 6.45) is 6.56. The van der Waals surface area contributed by atoms with Crippen molar-refractivity contribution in [3.05, 3.63) is 23.8 Å². The van der Waals surface area contributed by atoms with E-state index in [0.29, 0.717) is 31.7 Å². The lowest BCUT2D eigenvalue weighted by Crippen LogP contribution is -2.42. The zero-order chi connectivity index (χ0) is 18.0. The van der Waals surface area contributed by atoms with Crippen molar-refractivity contribution in [1.29, 1.82) is 0 Å². The van der Waals surface area contributed by atoms with Crippen molar-refractivity contribution in [1.82, 2.24) is 0 Å². The first-order chi connectivity index (χ1) is 12.0. The van der Waals surface area contributed by atoms with Crippen LogP contribution < -0.4 is 0 Å². The topological polar surface area (TPSA) is 93.1 Å². The van der Waals surface area contributed by atoms with Crippen LogP contribution in [-0.4, -0.2) is 47.1 Å². The summed E-state index contributed by atoms with van der Waals surface area (Å²) in [5.41, 5.74) is 1.01. The number of carbonyl (C=O) groups excluding carboxylic acids is 2. The second-order valence-electron chi connectivity index (χ2n) is 7.43. The van der Waals surface area contributed by atoms with Crippen LogP contribution in [0.5, 0.6) is 0 Å². The number of hydrogen-bond acceptors (Lipinski definition) is 6. The van der Waals surface area contributed by atoms with Gasteiger partial charge in [0.15, 0.2) is 0 Å². The molecule has 6 heteroatoms. The molecule has 6 nitrogen and oxygen atoms in total. The SMILES string of the molecule is C[C@H]1C=CC2=C[C@@H](O)C[C@H](OC=O)[C@@H]2[C@H]1CC[C@@H]1C[C@@H](O)CC(=O)O1. The lowest BCUT2D eigenvalue weighted by Gasteiger charge is -2.42. The highest BCUT2D eigenvalue weighted by molar-refractivity contribution is 5.70. The Morgan fingerprint density at radius 3 is 2.84 bits per heavy atom. The van der Waals surface area contributed by atoms with E-state index in [4.69, 9.17) is 9.47 Å². The maximum absolute atomic E-state index is 11.5. The summed E-state index contributed by atoms with van der Waals surface area (Å²) in [4.78, 5) is 22.4. The first kappa shape index (κ1) is 18.1. The van der Waals surface area contributed by atoms with Crippen molar-refractivity contribution in [2.24, 2.45) is 17.8 Å². The molecule has 0 aromatic heterocycles. The zero-order valence-electron chi connectivity index (χ0n) is 14.4. The van der Waals surface area contributed by atoms with E-state index < -0.39 is 12.2 Å². The molecule has 1 fully saturated rings. The number of carbonyl (C=O) groups is 2. The van der Waals surface area contributed by atoms with Crippen molar-refractivity contribution >= 4 is 12.4 Å². The molecule has 2 aliphatic carbocycles. The lowest BCUT2D eigenvalue weighted by molar-refractivity contribution is -0.161. The summed E-state index contributed by atoms with van der Waals surface area (Å²) < 4.78 is 10.6. The first-order valence-electron chi connectivity index (χ1n) is 9.02. The van der Waals surface area contributed by atoms with Gasteiger partial charge in [-0.2, -0.15) is 0 Å². The average Bonchev–Trinajstić information content (AvgIpc) is 2.53. The van der Waals surface area contributed by atoms with E-state index in [2.05, 4.69) is 13.0 Å². The summed E-state index contributed by atoms with van der Waals surface area (Å²) in [7, 11) is 0. The fraction of sp³-hybridized carbons (Fsp3) is 0.684. The Kier molecular flexibility index (Phi) is 5.59. The molecule has 1 saturated heterocycles. The molecular formula is C19H26O6. The van der Waals surface area contributed by atoms with E-state index in [1.54, 1.807) is 0 Å². The normalized spacial score (nSPS) is 40.7. The maximum atomic E-state index is 11.5. The molecule has 0 aromatic rings. The molecule has 0 spiro atoms. The molecule has 3 aliphatic rings. The van der Waals surface area contributed by atoms with Gasteiger partial charge in [-0.1, -0.05) is 25.2 Å². The predicted octanol–water partition coefficient (Wildman–Crippen LogP) is 1.50. The van der Waals surface area contributed by atoms with Gasteiger partial charge in [0.1, 0.15) is 12.2 Å². The number of aliphatic hydroxyl groups is 2. The molecule has 3 rings (SSSR count). The molecule has 7 atom stereocenters. The number of aliphatic hydroxyl groups excluding tert-OH is 2. The average molecular weight is 350 g/mol. The van der Waals surface area contributed by atoms with Gasteiger partial charge >= 0.3 is 5.97 Å². The first-order valence-corrected chi connectivity index (χ1v) is 9.02. The van der Waals surface area contributed by atoms with Crippen LogP contribution in [0, 0.1) is 17.8 Å². The number of ether oxygens (including phenoxy) is 2. The molecule has 2 N–H and O–H groups in total. The molecule has 25 heavy (non-hydrogen) atoms. The van der Waals surface area contributed by atoms with Crippen LogP contribution >= 0.6 is 0 Å². The number of esters is 1. The van der Waals surface area contributed by atoms with Gasteiger partial charge in [0.25, 0.3) is 6.47 Å². The zero-order valence-corrected chi connectivity index (χ0v) is 14.4. The van der Waals surface area contributed by atoms with Gasteiger partial charge in [-0.15, -0.1) is 0 Å². The van der Waals surface area contributed by atoms with E-state index in [0.717, 1.165) is 12.0 Å². The molecule has 0 aromatic carbocycles. The van der Waals surface area contributed by atoms with Crippen LogP contribution in [-0.2, 0) is 19.1 Å². The lowest BCUT2D eigenvalue weighted by atomic mass is 9.66. The van der Waals surface area contributed by atoms with Gasteiger partial charge in [0, 0.05) is 18.8 Å². The maximum Gasteiger partial charge on any atom is 0.308 e. The van der Waals surface area contributed by atoms with Crippen LogP contribution in [0.15, 0.2) is 23.8 Å². The Balaban J connectivity index is 1.72. The van der Waals surface area contributed by atoms with E-state index >= 15 is 0 Å². The molecule has 138 valence electrons. The Labute approximate surface area is 147 Å². The van der Waals surface area contributed by atoms with Crippen LogP contribution in [0.3, 0.4) is 0 Å². The number of allylic oxidation sites excluding steroid dienone is 2. The minimum atomic E-state index is -0.624. The van der Waals surface area contributed by atoms with Crippen molar-refractivity contribution in [3.8, 4) is 0 Å². The number of fused-ring (bicyclic) bond motifs is 1. The van der Waals surface area contributed by atoms with Gasteiger partial charge < -0.3 is 19.7 Å². The van der Waals surface area contributed by atoms with Crippen LogP contribution in [0.1, 0.15) is 39.0 Å². The Morgan fingerprint density at radius 2 is 2.12 bits per heavy atom. The number of hydrogen-bond donors (Lipinski definition) is 2. The summed E-state index contributed by atoms with van der Waals surface area (Å²) in [6, 6.07) is 0. The van der Waals surface area contributed by atoms with E-state index in [-0.39, 0.29) is 36.4 Å². The quantitative estimate of drug-likeness (QED) is 0.577. The summed E-state index contributed by atoms with van der Waals surface area (Å²) >= 11 is 0. The highest BCUT2D eigenvalue weighted by Gasteiger charge is 2.41. The third-order valence-corrected chi connectivity index (χ3v) is 5.66. The standard InChI is InChI=1S/C19H26O6/c1-11-2-3-12-6-13(21)8-17(24-10-20)19(12)16(11)5-4-15-7-14(22)9-18(23)25-15/h2-3,6,10-11,13-17,19,21-22H,4-5,7-9H2,1H3/t11-,13+,14+,15+,16-,17-,19-/m0/s1. The minimum absolute atomic E-state index is 0.0396. The van der Waals surface area contributed by atoms with E-state index in [1.807, 2.05) is 12.2 Å². The van der Waals surface area contributed by atoms with Crippen LogP contribution in [0.2, 0.25) is 0 Å². The summed E-state index contributed by atoms with van der Waals surface area (Å²) in [5, 5.41) is 19.8. The number of cyclic esters (lactones) is 1. The summed E-state index contributed by atoms with van der Waals surface area (Å²) in [6.45, 7) is 2.59. The second-order valence-corrected chi connectivity index (χ2v) is 7.43. The van der Waals surface area contributed by atoms with Crippen molar-refractivity contribution in [3.63, 3.8) is 0 Å². The molecule has 0 amide bonds. The highest BCUT2D eigenvalue weighted by atomic mass is 16.5. The van der Waals surface area contributed by atoms with Crippen molar-refractivity contribution in [2.45, 2.75) is 63.4 Å². The molecule has 0 saturated carbocycles. The molecular weight excluding hydrogens is 324 g/mol. The molecule has 1 aliphatic heterocycles. The Hall–Kier alpha value is -1.66. The van der Waals surface area contributed by atoms with Crippen molar-refractivity contribution < 1.29 is 29.3 Å². The van der Waals surface area contributed by atoms with Gasteiger partial charge in [-0.3, -0.25) is 9.59 Å². The monoisotopic (exact) mass is 350 g/mol. The molecule has 1 heterocycles. The fourth-order valence-electron chi connectivity index (χ4n) is 4.49. The highest BCUT2D eigenvalue weighted by Crippen LogP contribution is 2.43. The van der Waals surface area contributed by atoms with Crippen LogP contribution in [0.4, 0.5) is 0 Å². The smallest absolute Gasteiger partial charge is 0.308 e. The third kappa shape index (κ3) is 4.12. The van der Waals surface area contributed by atoms with Crippen LogP contribution in [0.25, 0.3) is 0 Å². The summed E-state index contributed by atoms with van der Waals surface area (Å²) in [5.74, 6) is 0.215. The molecule has 0 bridgehead atoms. The minimum Gasteiger partial charge on any atom is -0.464 e. The van der Waals surface area contributed by atoms with Gasteiger partial charge in [0.05, 0.1) is 18.6 Å². The predicted molar refractivity (Wildman–Crippen MR) is 89.3 cm³/mol. The largest absolute Gasteiger partial charge is 0.464 e.